The van der Waals surface area contributed by atoms with Gasteiger partial charge in [-0.1, -0.05) is 13.3 Å². The van der Waals surface area contributed by atoms with Crippen LogP contribution < -0.4 is 15.8 Å². The van der Waals surface area contributed by atoms with E-state index >= 15 is 0 Å². The number of ether oxygens (including phenoxy) is 1. The molecule has 4 nitrogen and oxygen atoms in total. The van der Waals surface area contributed by atoms with Crippen molar-refractivity contribution in [1.82, 2.24) is 0 Å². The van der Waals surface area contributed by atoms with Crippen LogP contribution in [0.4, 0.5) is 5.69 Å². The van der Waals surface area contributed by atoms with E-state index in [2.05, 4.69) is 21.2 Å². The van der Waals surface area contributed by atoms with Gasteiger partial charge in [0.05, 0.1) is 17.6 Å². The third-order valence-corrected chi connectivity index (χ3v) is 3.01. The van der Waals surface area contributed by atoms with E-state index in [9.17, 15) is 4.79 Å². The molecule has 0 aromatic heterocycles. The summed E-state index contributed by atoms with van der Waals surface area (Å²) >= 11 is 3.35. The number of nitrogens with one attached hydrogen (secondary N) is 1. The van der Waals surface area contributed by atoms with E-state index in [4.69, 9.17) is 10.5 Å². The first-order valence-corrected chi connectivity index (χ1v) is 6.27. The monoisotopic (exact) mass is 300 g/mol. The molecule has 0 saturated heterocycles. The zero-order chi connectivity index (χ0) is 12.8. The highest BCUT2D eigenvalue weighted by Gasteiger charge is 2.12. The van der Waals surface area contributed by atoms with Gasteiger partial charge in [0.15, 0.2) is 0 Å². The molecular formula is C12H17BrN2O2. The van der Waals surface area contributed by atoms with Gasteiger partial charge >= 0.3 is 0 Å². The molecule has 0 aliphatic rings. The highest BCUT2D eigenvalue weighted by Crippen LogP contribution is 2.27. The molecule has 94 valence electrons. The van der Waals surface area contributed by atoms with Crippen molar-refractivity contribution in [3.63, 3.8) is 0 Å². The van der Waals surface area contributed by atoms with Crippen LogP contribution in [0.3, 0.4) is 0 Å². The fraction of sp³-hybridized carbons (Fsp3) is 0.417. The Balaban J connectivity index is 2.71. The average molecular weight is 301 g/mol. The lowest BCUT2D eigenvalue weighted by Gasteiger charge is -2.12. The van der Waals surface area contributed by atoms with Crippen LogP contribution in [0.1, 0.15) is 19.8 Å². The minimum atomic E-state index is -0.463. The topological polar surface area (TPSA) is 64.4 Å². The SMILES string of the molecule is CCCC(N)C(=O)Nc1ccc(Br)c(OC)c1. The first-order chi connectivity index (χ1) is 8.08. The summed E-state index contributed by atoms with van der Waals surface area (Å²) < 4.78 is 5.99. The van der Waals surface area contributed by atoms with E-state index in [0.717, 1.165) is 10.9 Å². The lowest BCUT2D eigenvalue weighted by Crippen LogP contribution is -2.35. The molecule has 0 saturated carbocycles. The second-order valence-corrected chi connectivity index (χ2v) is 4.59. The molecule has 0 spiro atoms. The number of halogens is 1. The summed E-state index contributed by atoms with van der Waals surface area (Å²) in [6.07, 6.45) is 1.57. The number of methoxy groups -OCH3 is 1. The molecule has 5 heteroatoms. The maximum Gasteiger partial charge on any atom is 0.241 e. The Labute approximate surface area is 110 Å². The van der Waals surface area contributed by atoms with Crippen LogP contribution >= 0.6 is 15.9 Å². The normalized spacial score (nSPS) is 12.0. The summed E-state index contributed by atoms with van der Waals surface area (Å²) in [5.74, 6) is 0.503. The number of hydrogen-bond donors (Lipinski definition) is 2. The molecule has 3 N–H and O–H groups in total. The highest BCUT2D eigenvalue weighted by atomic mass is 79.9. The summed E-state index contributed by atoms with van der Waals surface area (Å²) in [5, 5.41) is 2.76. The predicted octanol–water partition coefficient (Wildman–Crippen LogP) is 2.52. The molecule has 0 radical (unpaired) electrons. The quantitative estimate of drug-likeness (QED) is 0.878. The van der Waals surface area contributed by atoms with E-state index in [1.807, 2.05) is 13.0 Å². The Morgan fingerprint density at radius 3 is 2.88 bits per heavy atom. The van der Waals surface area contributed by atoms with E-state index < -0.39 is 6.04 Å². The summed E-state index contributed by atoms with van der Waals surface area (Å²) in [5.41, 5.74) is 6.41. The number of hydrogen-bond acceptors (Lipinski definition) is 3. The lowest BCUT2D eigenvalue weighted by atomic mass is 10.1. The molecule has 0 aliphatic heterocycles. The lowest BCUT2D eigenvalue weighted by molar-refractivity contribution is -0.117. The van der Waals surface area contributed by atoms with E-state index in [-0.39, 0.29) is 5.91 Å². The molecule has 17 heavy (non-hydrogen) atoms. The van der Waals surface area contributed by atoms with Crippen molar-refractivity contribution in [3.8, 4) is 5.75 Å². The molecule has 0 bridgehead atoms. The molecule has 0 heterocycles. The number of carbonyl (C=O) groups excluding carboxylic acids is 1. The second-order valence-electron chi connectivity index (χ2n) is 3.73. The number of amides is 1. The minimum Gasteiger partial charge on any atom is -0.495 e. The Morgan fingerprint density at radius 2 is 2.29 bits per heavy atom. The highest BCUT2D eigenvalue weighted by molar-refractivity contribution is 9.10. The second kappa shape index (κ2) is 6.61. The smallest absolute Gasteiger partial charge is 0.241 e. The molecule has 1 amide bonds. The zero-order valence-corrected chi connectivity index (χ0v) is 11.6. The van der Waals surface area contributed by atoms with Gasteiger partial charge in [-0.25, -0.2) is 0 Å². The molecule has 0 aliphatic carbocycles. The average Bonchev–Trinajstić information content (AvgIpc) is 2.31. The van der Waals surface area contributed by atoms with Gasteiger partial charge in [-0.2, -0.15) is 0 Å². The number of carbonyl (C=O) groups is 1. The van der Waals surface area contributed by atoms with Crippen LogP contribution in [-0.2, 0) is 4.79 Å². The molecule has 1 atom stereocenters. The largest absolute Gasteiger partial charge is 0.495 e. The summed E-state index contributed by atoms with van der Waals surface area (Å²) in [4.78, 5) is 11.7. The van der Waals surface area contributed by atoms with Crippen molar-refractivity contribution < 1.29 is 9.53 Å². The van der Waals surface area contributed by atoms with Crippen LogP contribution in [0.2, 0.25) is 0 Å². The minimum absolute atomic E-state index is 0.170. The van der Waals surface area contributed by atoms with Crippen LogP contribution in [0, 0.1) is 0 Å². The molecule has 1 aromatic carbocycles. The van der Waals surface area contributed by atoms with Crippen LogP contribution in [0.25, 0.3) is 0 Å². The first-order valence-electron chi connectivity index (χ1n) is 5.48. The Kier molecular flexibility index (Phi) is 5.44. The number of nitrogens with two attached hydrogens (primary N) is 1. The predicted molar refractivity (Wildman–Crippen MR) is 72.2 cm³/mol. The Morgan fingerprint density at radius 1 is 1.59 bits per heavy atom. The van der Waals surface area contributed by atoms with Gasteiger partial charge in [-0.3, -0.25) is 4.79 Å². The molecule has 1 aromatic rings. The summed E-state index contributed by atoms with van der Waals surface area (Å²) in [6, 6.07) is 4.90. The third kappa shape index (κ3) is 4.02. The fourth-order valence-corrected chi connectivity index (χ4v) is 1.82. The maximum atomic E-state index is 11.7. The first kappa shape index (κ1) is 14.0. The summed E-state index contributed by atoms with van der Waals surface area (Å²) in [6.45, 7) is 2.00. The van der Waals surface area contributed by atoms with Gasteiger partial charge in [0.2, 0.25) is 5.91 Å². The molecular weight excluding hydrogens is 284 g/mol. The van der Waals surface area contributed by atoms with Gasteiger partial charge in [0.1, 0.15) is 5.75 Å². The Bertz CT molecular complexity index is 396. The van der Waals surface area contributed by atoms with Gasteiger partial charge in [-0.15, -0.1) is 0 Å². The molecule has 1 rings (SSSR count). The van der Waals surface area contributed by atoms with Crippen molar-refractivity contribution in [2.75, 3.05) is 12.4 Å². The number of benzene rings is 1. The van der Waals surface area contributed by atoms with Gasteiger partial charge < -0.3 is 15.8 Å². The van der Waals surface area contributed by atoms with Crippen LogP contribution in [0.5, 0.6) is 5.75 Å². The van der Waals surface area contributed by atoms with E-state index in [1.54, 1.807) is 19.2 Å². The van der Waals surface area contributed by atoms with Gasteiger partial charge in [-0.05, 0) is 34.5 Å². The van der Waals surface area contributed by atoms with Crippen molar-refractivity contribution in [3.05, 3.63) is 22.7 Å². The van der Waals surface area contributed by atoms with Crippen molar-refractivity contribution in [2.24, 2.45) is 5.73 Å². The van der Waals surface area contributed by atoms with Crippen LogP contribution in [0.15, 0.2) is 22.7 Å². The van der Waals surface area contributed by atoms with Gasteiger partial charge in [0.25, 0.3) is 0 Å². The third-order valence-electron chi connectivity index (χ3n) is 2.36. The fourth-order valence-electron chi connectivity index (χ4n) is 1.41. The number of rotatable bonds is 5. The maximum absolute atomic E-state index is 11.7. The van der Waals surface area contributed by atoms with Crippen LogP contribution in [-0.4, -0.2) is 19.1 Å². The van der Waals surface area contributed by atoms with Gasteiger partial charge in [0, 0.05) is 11.8 Å². The van der Waals surface area contributed by atoms with Crippen molar-refractivity contribution >= 4 is 27.5 Å². The molecule has 1 unspecified atom stereocenters. The van der Waals surface area contributed by atoms with Crippen molar-refractivity contribution in [2.45, 2.75) is 25.8 Å². The summed E-state index contributed by atoms with van der Waals surface area (Å²) in [7, 11) is 1.58. The number of anilines is 1. The van der Waals surface area contributed by atoms with Crippen molar-refractivity contribution in [1.29, 1.82) is 0 Å². The van der Waals surface area contributed by atoms with E-state index in [0.29, 0.717) is 17.9 Å². The molecule has 0 fully saturated rings. The Hall–Kier alpha value is -1.07. The standard InChI is InChI=1S/C12H17BrN2O2/c1-3-4-10(14)12(16)15-8-5-6-9(13)11(7-8)17-2/h5-7,10H,3-4,14H2,1-2H3,(H,15,16). The zero-order valence-electron chi connectivity index (χ0n) is 10.00. The van der Waals surface area contributed by atoms with E-state index in [1.165, 1.54) is 0 Å².